The van der Waals surface area contributed by atoms with Crippen molar-refractivity contribution in [1.29, 1.82) is 0 Å². The Morgan fingerprint density at radius 1 is 1.08 bits per heavy atom. The Balaban J connectivity index is 2.24. The van der Waals surface area contributed by atoms with Gasteiger partial charge in [0.05, 0.1) is 43.9 Å². The number of nitrogens with one attached hydrogen (secondary N) is 2. The van der Waals surface area contributed by atoms with Crippen LogP contribution in [0.2, 0.25) is 0 Å². The molecule has 0 saturated carbocycles. The molecule has 0 bridgehead atoms. The highest BCUT2D eigenvalue weighted by Crippen LogP contribution is 2.29. The van der Waals surface area contributed by atoms with E-state index in [1.165, 1.54) is 25.3 Å². The number of amidine groups is 1. The maximum atomic E-state index is 13.1. The molecular weight excluding hydrogens is 559 g/mol. The highest BCUT2D eigenvalue weighted by Gasteiger charge is 2.18. The molecule has 0 spiro atoms. The second kappa shape index (κ2) is 15.8. The molecule has 14 heteroatoms. The maximum Gasteiger partial charge on any atom is 0.262 e. The minimum Gasteiger partial charge on any atom is -0.497 e. The largest absolute Gasteiger partial charge is 0.497 e. The van der Waals surface area contributed by atoms with Gasteiger partial charge >= 0.3 is 0 Å². The fraction of sp³-hybridized carbons (Fsp3) is 0.348. The number of aliphatic imine (C=N–C) groups is 1. The molecule has 37 heavy (non-hydrogen) atoms. The normalized spacial score (nSPS) is 11.6. The van der Waals surface area contributed by atoms with Gasteiger partial charge in [-0.15, -0.1) is 11.7 Å². The molecule has 2 aromatic carbocycles. The first-order valence-corrected chi connectivity index (χ1v) is 14.6. The summed E-state index contributed by atoms with van der Waals surface area (Å²) in [6, 6.07) is 10.7. The first-order valence-electron chi connectivity index (χ1n) is 10.9. The van der Waals surface area contributed by atoms with Gasteiger partial charge in [-0.05, 0) is 59.7 Å². The van der Waals surface area contributed by atoms with E-state index in [-0.39, 0.29) is 47.0 Å². The van der Waals surface area contributed by atoms with Crippen molar-refractivity contribution in [2.45, 2.75) is 18.2 Å². The van der Waals surface area contributed by atoms with E-state index in [4.69, 9.17) is 31.2 Å². The number of anilines is 1. The summed E-state index contributed by atoms with van der Waals surface area (Å²) < 4.78 is 49.8. The summed E-state index contributed by atoms with van der Waals surface area (Å²) in [5.74, 6) is 0.428. The van der Waals surface area contributed by atoms with Gasteiger partial charge in [0.25, 0.3) is 10.0 Å². The van der Waals surface area contributed by atoms with Gasteiger partial charge in [-0.2, -0.15) is 0 Å². The van der Waals surface area contributed by atoms with Gasteiger partial charge in [-0.1, -0.05) is 18.3 Å². The number of thiocarbonyl (C=S) groups is 1. The number of ether oxygens (including phenoxy) is 4. The molecule has 0 radical (unpaired) electrons. The lowest BCUT2D eigenvalue weighted by Gasteiger charge is -2.16. The van der Waals surface area contributed by atoms with E-state index >= 15 is 0 Å². The predicted molar refractivity (Wildman–Crippen MR) is 153 cm³/mol. The molecule has 10 nitrogen and oxygen atoms in total. The molecule has 2 N–H and O–H groups in total. The number of sulfonamides is 1. The predicted octanol–water partition coefficient (Wildman–Crippen LogP) is 3.48. The van der Waals surface area contributed by atoms with E-state index < -0.39 is 10.0 Å². The first-order chi connectivity index (χ1) is 17.7. The van der Waals surface area contributed by atoms with Crippen LogP contribution in [0.15, 0.2) is 52.4 Å². The lowest BCUT2D eigenvalue weighted by molar-refractivity contribution is -0.119. The van der Waals surface area contributed by atoms with Crippen LogP contribution in [0.25, 0.3) is 0 Å². The molecule has 0 aliphatic rings. The number of hydrogen-bond acceptors (Lipinski definition) is 10. The van der Waals surface area contributed by atoms with Gasteiger partial charge in [0, 0.05) is 7.11 Å². The Bertz CT molecular complexity index is 1190. The average Bonchev–Trinajstić information content (AvgIpc) is 2.86. The third kappa shape index (κ3) is 10.9. The maximum absolute atomic E-state index is 13.1. The standard InChI is InChI=1S/C23H29N3O7S4/c1-16(34)24-23(36-35)25-22(27)15-17-4-9-21(33-13-12-32-11-10-30-2)20(14-17)26-37(28,29)19-7-5-18(31-3)6-8-19/h4-9,14,26,35H,10-13,15H2,1-3H3,(H,24,25,27,34). The summed E-state index contributed by atoms with van der Waals surface area (Å²) in [5.41, 5.74) is 0.710. The fourth-order valence-corrected chi connectivity index (χ4v) is 4.68. The average molecular weight is 588 g/mol. The highest BCUT2D eigenvalue weighted by atomic mass is 33.1. The molecule has 0 aromatic heterocycles. The zero-order valence-corrected chi connectivity index (χ0v) is 23.9. The fourth-order valence-electron chi connectivity index (χ4n) is 2.87. The van der Waals surface area contributed by atoms with E-state index in [0.717, 1.165) is 10.8 Å². The highest BCUT2D eigenvalue weighted by molar-refractivity contribution is 8.74. The quantitative estimate of drug-likeness (QED) is 0.0807. The molecule has 0 atom stereocenters. The van der Waals surface area contributed by atoms with E-state index in [9.17, 15) is 13.2 Å². The minimum absolute atomic E-state index is 0.0347. The van der Waals surface area contributed by atoms with Crippen LogP contribution in [0.3, 0.4) is 0 Å². The van der Waals surface area contributed by atoms with E-state index in [1.54, 1.807) is 38.3 Å². The Labute approximate surface area is 231 Å². The molecule has 0 heterocycles. The second-order valence-corrected chi connectivity index (χ2v) is 10.7. The third-order valence-electron chi connectivity index (χ3n) is 4.53. The van der Waals surface area contributed by atoms with Crippen LogP contribution in [0.5, 0.6) is 11.5 Å². The molecule has 1 amide bonds. The topological polar surface area (TPSA) is 125 Å². The zero-order valence-electron chi connectivity index (χ0n) is 20.6. The van der Waals surface area contributed by atoms with Crippen molar-refractivity contribution in [2.75, 3.05) is 45.4 Å². The third-order valence-corrected chi connectivity index (χ3v) is 6.89. The first kappa shape index (κ1) is 30.9. The van der Waals surface area contributed by atoms with Crippen molar-refractivity contribution in [2.24, 2.45) is 4.99 Å². The molecule has 0 fully saturated rings. The van der Waals surface area contributed by atoms with Gasteiger partial charge in [0.2, 0.25) is 5.91 Å². The number of rotatable bonds is 13. The Morgan fingerprint density at radius 3 is 2.41 bits per heavy atom. The molecule has 202 valence electrons. The van der Waals surface area contributed by atoms with Crippen molar-refractivity contribution in [3.05, 3.63) is 48.0 Å². The Kier molecular flexibility index (Phi) is 13.2. The molecule has 2 aromatic rings. The molecule has 2 rings (SSSR count). The van der Waals surface area contributed by atoms with Crippen molar-refractivity contribution in [3.8, 4) is 11.5 Å². The number of thiol groups is 1. The van der Waals surface area contributed by atoms with Crippen LogP contribution in [0, 0.1) is 0 Å². The summed E-state index contributed by atoms with van der Waals surface area (Å²) in [7, 11) is 0.0538. The number of nitrogens with zero attached hydrogens (tertiary/aromatic N) is 1. The molecule has 0 saturated heterocycles. The number of carbonyl (C=O) groups excluding carboxylic acids is 1. The number of hydrogen-bond donors (Lipinski definition) is 3. The van der Waals surface area contributed by atoms with Crippen molar-refractivity contribution in [3.63, 3.8) is 0 Å². The van der Waals surface area contributed by atoms with Gasteiger partial charge in [0.15, 0.2) is 5.17 Å². The van der Waals surface area contributed by atoms with Crippen LogP contribution < -0.4 is 19.5 Å². The summed E-state index contributed by atoms with van der Waals surface area (Å²) in [6.07, 6.45) is -0.0541. The van der Waals surface area contributed by atoms with Crippen LogP contribution in [0.4, 0.5) is 5.69 Å². The summed E-state index contributed by atoms with van der Waals surface area (Å²) in [4.78, 5) is 16.9. The summed E-state index contributed by atoms with van der Waals surface area (Å²) >= 11 is 9.00. The van der Waals surface area contributed by atoms with Gasteiger partial charge in [0.1, 0.15) is 23.1 Å². The summed E-state index contributed by atoms with van der Waals surface area (Å²) in [6.45, 7) is 2.93. The van der Waals surface area contributed by atoms with Gasteiger partial charge < -0.3 is 24.3 Å². The number of carbonyl (C=O) groups is 1. The van der Waals surface area contributed by atoms with Crippen molar-refractivity contribution in [1.82, 2.24) is 5.32 Å². The lowest BCUT2D eigenvalue weighted by atomic mass is 10.1. The molecule has 0 unspecified atom stereocenters. The van der Waals surface area contributed by atoms with E-state index in [1.807, 2.05) is 0 Å². The second-order valence-electron chi connectivity index (χ2n) is 7.32. The Hall–Kier alpha value is -2.36. The molecule has 0 aliphatic heterocycles. The SMILES string of the molecule is COCCOCCOc1ccc(CC(=O)NC(=NC(C)=S)SS)cc1NS(=O)(=O)c1ccc(OC)cc1. The molecule has 0 aliphatic carbocycles. The summed E-state index contributed by atoms with van der Waals surface area (Å²) in [5, 5.41) is 2.87. The van der Waals surface area contributed by atoms with E-state index in [0.29, 0.717) is 29.5 Å². The van der Waals surface area contributed by atoms with E-state index in [2.05, 4.69) is 26.7 Å². The number of benzene rings is 2. The van der Waals surface area contributed by atoms with Crippen molar-refractivity contribution < 1.29 is 32.2 Å². The van der Waals surface area contributed by atoms with Gasteiger partial charge in [-0.3, -0.25) is 9.52 Å². The smallest absolute Gasteiger partial charge is 0.262 e. The minimum atomic E-state index is -3.97. The lowest BCUT2D eigenvalue weighted by Crippen LogP contribution is -2.29. The monoisotopic (exact) mass is 587 g/mol. The molecular formula is C23H29N3O7S4. The van der Waals surface area contributed by atoms with Crippen LogP contribution in [-0.2, 0) is 30.7 Å². The van der Waals surface area contributed by atoms with Crippen LogP contribution in [0.1, 0.15) is 12.5 Å². The number of methoxy groups -OCH3 is 2. The van der Waals surface area contributed by atoms with Crippen LogP contribution >= 0.6 is 34.7 Å². The van der Waals surface area contributed by atoms with Crippen molar-refractivity contribution >= 4 is 66.4 Å². The zero-order chi connectivity index (χ0) is 27.3. The van der Waals surface area contributed by atoms with Gasteiger partial charge in [-0.25, -0.2) is 13.4 Å². The Morgan fingerprint density at radius 2 is 1.78 bits per heavy atom. The number of amides is 1. The van der Waals surface area contributed by atoms with Crippen LogP contribution in [-0.4, -0.2) is 65.1 Å².